The van der Waals surface area contributed by atoms with Gasteiger partial charge in [-0.15, -0.1) is 10.2 Å². The fourth-order valence-electron chi connectivity index (χ4n) is 2.18. The molecule has 1 aromatic heterocycles. The molecule has 2 aromatic rings. The van der Waals surface area contributed by atoms with Crippen molar-refractivity contribution in [2.45, 2.75) is 25.1 Å². The summed E-state index contributed by atoms with van der Waals surface area (Å²) in [6, 6.07) is 2.72. The molecule has 152 valence electrons. The SMILES string of the molecule is COc1cc(-c2nnc(SCC(=O)NC(=O)NC(C)C)o2)cc(OC)c1OC. The molecule has 1 heterocycles. The number of urea groups is 1. The number of nitrogens with zero attached hydrogens (tertiary/aromatic N) is 2. The number of methoxy groups -OCH3 is 3. The number of hydrogen-bond acceptors (Lipinski definition) is 9. The Morgan fingerprint density at radius 3 is 2.29 bits per heavy atom. The molecule has 0 saturated heterocycles. The molecule has 3 amide bonds. The Balaban J connectivity index is 2.06. The van der Waals surface area contributed by atoms with Crippen molar-refractivity contribution in [3.8, 4) is 28.7 Å². The van der Waals surface area contributed by atoms with Gasteiger partial charge < -0.3 is 23.9 Å². The molecule has 0 bridgehead atoms. The first-order valence-corrected chi connectivity index (χ1v) is 9.23. The van der Waals surface area contributed by atoms with E-state index in [1.54, 1.807) is 26.0 Å². The highest BCUT2D eigenvalue weighted by Gasteiger charge is 2.18. The molecular weight excluding hydrogens is 388 g/mol. The number of imide groups is 1. The van der Waals surface area contributed by atoms with Gasteiger partial charge in [0.1, 0.15) is 0 Å². The lowest BCUT2D eigenvalue weighted by Crippen LogP contribution is -2.43. The van der Waals surface area contributed by atoms with Crippen LogP contribution >= 0.6 is 11.8 Å². The summed E-state index contributed by atoms with van der Waals surface area (Å²) < 4.78 is 21.4. The maximum atomic E-state index is 11.8. The van der Waals surface area contributed by atoms with Crippen LogP contribution in [0.25, 0.3) is 11.5 Å². The Morgan fingerprint density at radius 2 is 1.75 bits per heavy atom. The smallest absolute Gasteiger partial charge is 0.321 e. The zero-order chi connectivity index (χ0) is 20.7. The average Bonchev–Trinajstić information content (AvgIpc) is 3.13. The quantitative estimate of drug-likeness (QED) is 0.629. The predicted molar refractivity (Wildman–Crippen MR) is 102 cm³/mol. The molecule has 28 heavy (non-hydrogen) atoms. The summed E-state index contributed by atoms with van der Waals surface area (Å²) in [7, 11) is 4.52. The number of carbonyl (C=O) groups is 2. The normalized spacial score (nSPS) is 10.5. The van der Waals surface area contributed by atoms with E-state index in [1.165, 1.54) is 21.3 Å². The average molecular weight is 410 g/mol. The van der Waals surface area contributed by atoms with Crippen molar-refractivity contribution in [3.63, 3.8) is 0 Å². The Bertz CT molecular complexity index is 814. The van der Waals surface area contributed by atoms with Gasteiger partial charge in [0.25, 0.3) is 5.22 Å². The maximum absolute atomic E-state index is 11.8. The largest absolute Gasteiger partial charge is 0.493 e. The first-order chi connectivity index (χ1) is 13.4. The van der Waals surface area contributed by atoms with Gasteiger partial charge in [-0.05, 0) is 26.0 Å². The van der Waals surface area contributed by atoms with Crippen LogP contribution in [0.5, 0.6) is 17.2 Å². The molecule has 10 nitrogen and oxygen atoms in total. The lowest BCUT2D eigenvalue weighted by molar-refractivity contribution is -0.117. The highest BCUT2D eigenvalue weighted by Crippen LogP contribution is 2.41. The number of hydrogen-bond donors (Lipinski definition) is 2. The number of rotatable bonds is 8. The number of benzene rings is 1. The lowest BCUT2D eigenvalue weighted by Gasteiger charge is -2.12. The standard InChI is InChI=1S/C17H22N4O6S/c1-9(2)18-16(23)19-13(22)8-28-17-21-20-15(27-17)10-6-11(24-3)14(26-5)12(7-10)25-4/h6-7,9H,8H2,1-5H3,(H2,18,19,22,23). The molecule has 0 spiro atoms. The third-order valence-electron chi connectivity index (χ3n) is 3.32. The van der Waals surface area contributed by atoms with E-state index in [0.717, 1.165) is 11.8 Å². The molecule has 11 heteroatoms. The van der Waals surface area contributed by atoms with Crippen LogP contribution < -0.4 is 24.8 Å². The molecule has 2 rings (SSSR count). The summed E-state index contributed by atoms with van der Waals surface area (Å²) in [5.41, 5.74) is 0.564. The fourth-order valence-corrected chi connectivity index (χ4v) is 2.74. The topological polar surface area (TPSA) is 125 Å². The minimum absolute atomic E-state index is 0.0532. The van der Waals surface area contributed by atoms with Gasteiger partial charge in [-0.1, -0.05) is 11.8 Å². The Labute approximate surface area is 166 Å². The number of nitrogens with one attached hydrogen (secondary N) is 2. The minimum atomic E-state index is -0.552. The van der Waals surface area contributed by atoms with Crippen molar-refractivity contribution in [1.82, 2.24) is 20.8 Å². The summed E-state index contributed by atoms with van der Waals surface area (Å²) in [5.74, 6) is 1.02. The van der Waals surface area contributed by atoms with E-state index in [0.29, 0.717) is 22.8 Å². The first kappa shape index (κ1) is 21.4. The monoisotopic (exact) mass is 410 g/mol. The van der Waals surface area contributed by atoms with Crippen molar-refractivity contribution >= 4 is 23.7 Å². The highest BCUT2D eigenvalue weighted by atomic mass is 32.2. The summed E-state index contributed by atoms with van der Waals surface area (Å²) >= 11 is 1.01. The van der Waals surface area contributed by atoms with Crippen LogP contribution in [0.2, 0.25) is 0 Å². The zero-order valence-electron chi connectivity index (χ0n) is 16.2. The number of ether oxygens (including phenoxy) is 3. The van der Waals surface area contributed by atoms with Crippen molar-refractivity contribution < 1.29 is 28.2 Å². The first-order valence-electron chi connectivity index (χ1n) is 8.25. The summed E-state index contributed by atoms with van der Waals surface area (Å²) in [6.45, 7) is 3.59. The van der Waals surface area contributed by atoms with Crippen molar-refractivity contribution in [2.24, 2.45) is 0 Å². The molecule has 0 radical (unpaired) electrons. The van der Waals surface area contributed by atoms with Gasteiger partial charge in [0.05, 0.1) is 27.1 Å². The van der Waals surface area contributed by atoms with Crippen molar-refractivity contribution in [1.29, 1.82) is 0 Å². The Hall–Kier alpha value is -2.95. The highest BCUT2D eigenvalue weighted by molar-refractivity contribution is 7.99. The zero-order valence-corrected chi connectivity index (χ0v) is 17.0. The van der Waals surface area contributed by atoms with Crippen LogP contribution in [0.3, 0.4) is 0 Å². The second kappa shape index (κ2) is 9.83. The van der Waals surface area contributed by atoms with Crippen LogP contribution in [0.1, 0.15) is 13.8 Å². The van der Waals surface area contributed by atoms with Crippen molar-refractivity contribution in [2.75, 3.05) is 27.1 Å². The van der Waals surface area contributed by atoms with Crippen LogP contribution in [-0.2, 0) is 4.79 Å². The van der Waals surface area contributed by atoms with E-state index in [9.17, 15) is 9.59 Å². The second-order valence-corrected chi connectivity index (χ2v) is 6.68. The van der Waals surface area contributed by atoms with E-state index in [1.807, 2.05) is 0 Å². The van der Waals surface area contributed by atoms with Gasteiger partial charge in [0.15, 0.2) is 11.5 Å². The van der Waals surface area contributed by atoms with Gasteiger partial charge in [-0.2, -0.15) is 0 Å². The summed E-state index contributed by atoms with van der Waals surface area (Å²) in [4.78, 5) is 23.3. The second-order valence-electron chi connectivity index (χ2n) is 5.75. The number of carbonyl (C=O) groups excluding carboxylic acids is 2. The summed E-state index contributed by atoms with van der Waals surface area (Å²) in [5, 5.41) is 12.8. The van der Waals surface area contributed by atoms with E-state index in [2.05, 4.69) is 20.8 Å². The van der Waals surface area contributed by atoms with Gasteiger partial charge in [0, 0.05) is 11.6 Å². The van der Waals surface area contributed by atoms with Gasteiger partial charge in [-0.3, -0.25) is 10.1 Å². The molecule has 0 saturated carbocycles. The third kappa shape index (κ3) is 5.52. The van der Waals surface area contributed by atoms with Gasteiger partial charge >= 0.3 is 6.03 Å². The molecule has 2 N–H and O–H groups in total. The number of thioether (sulfide) groups is 1. The predicted octanol–water partition coefficient (Wildman–Crippen LogP) is 2.09. The van der Waals surface area contributed by atoms with Crippen LogP contribution in [0, 0.1) is 0 Å². The van der Waals surface area contributed by atoms with Crippen LogP contribution in [-0.4, -0.2) is 55.3 Å². The molecule has 1 aromatic carbocycles. The molecule has 0 atom stereocenters. The van der Waals surface area contributed by atoms with Crippen molar-refractivity contribution in [3.05, 3.63) is 12.1 Å². The van der Waals surface area contributed by atoms with Crippen LogP contribution in [0.4, 0.5) is 4.79 Å². The van der Waals surface area contributed by atoms with E-state index >= 15 is 0 Å². The van der Waals surface area contributed by atoms with Gasteiger partial charge in [-0.25, -0.2) is 4.79 Å². The summed E-state index contributed by atoms with van der Waals surface area (Å²) in [6.07, 6.45) is 0. The molecule has 0 aliphatic carbocycles. The number of amides is 3. The molecule has 0 fully saturated rings. The van der Waals surface area contributed by atoms with E-state index in [-0.39, 0.29) is 22.9 Å². The fraction of sp³-hybridized carbons (Fsp3) is 0.412. The van der Waals surface area contributed by atoms with Gasteiger partial charge in [0.2, 0.25) is 17.5 Å². The third-order valence-corrected chi connectivity index (χ3v) is 4.14. The number of aromatic nitrogens is 2. The van der Waals surface area contributed by atoms with E-state index < -0.39 is 11.9 Å². The maximum Gasteiger partial charge on any atom is 0.321 e. The molecule has 0 unspecified atom stereocenters. The minimum Gasteiger partial charge on any atom is -0.493 e. The lowest BCUT2D eigenvalue weighted by atomic mass is 10.2. The van der Waals surface area contributed by atoms with E-state index in [4.69, 9.17) is 18.6 Å². The Morgan fingerprint density at radius 1 is 1.11 bits per heavy atom. The molecule has 0 aliphatic rings. The Kier molecular flexibility index (Phi) is 7.50. The molecule has 0 aliphatic heterocycles. The van der Waals surface area contributed by atoms with Crippen LogP contribution in [0.15, 0.2) is 21.8 Å². The molecular formula is C17H22N4O6S.